The fourth-order valence-electron chi connectivity index (χ4n) is 0.0873. The van der Waals surface area contributed by atoms with E-state index in [0.717, 1.165) is 0 Å². The fraction of sp³-hybridized carbons (Fsp3) is 0.333. The number of hydrogen-bond donors (Lipinski definition) is 2. The van der Waals surface area contributed by atoms with Crippen LogP contribution in [-0.4, -0.2) is 22.2 Å². The highest BCUT2D eigenvalue weighted by molar-refractivity contribution is 5.88. The Balaban J connectivity index is 4.40. The summed E-state index contributed by atoms with van der Waals surface area (Å²) in [6, 6.07) is 0. The third-order valence-corrected chi connectivity index (χ3v) is 0.209. The number of carbonyl (C=O) groups is 2. The minimum absolute atomic E-state index is 1.74. The van der Waals surface area contributed by atoms with E-state index >= 15 is 0 Å². The lowest BCUT2D eigenvalue weighted by Crippen LogP contribution is -2.03. The molecule has 2 N–H and O–H groups in total. The first kappa shape index (κ1) is 2.30. The van der Waals surface area contributed by atoms with Gasteiger partial charge >= 0.3 is 11.9 Å². The van der Waals surface area contributed by atoms with Crippen molar-refractivity contribution in [2.45, 2.75) is 6.37 Å². The molecule has 0 amide bonds. The van der Waals surface area contributed by atoms with Crippen LogP contribution in [0.5, 0.6) is 0 Å². The van der Waals surface area contributed by atoms with Crippen molar-refractivity contribution >= 4 is 11.9 Å². The first-order chi connectivity index (χ1) is 4.42. The Morgan fingerprint density at radius 2 is 2.29 bits per heavy atom. The van der Waals surface area contributed by atoms with Crippen molar-refractivity contribution in [3.05, 3.63) is 0 Å². The number of hydrogen-bond acceptors (Lipinski definition) is 3. The summed E-state index contributed by atoms with van der Waals surface area (Å²) in [6.07, 6.45) is -3.12. The number of aliphatic carboxylic acids is 2. The molecule has 0 aromatic rings. The van der Waals surface area contributed by atoms with Crippen molar-refractivity contribution in [3.8, 4) is 0 Å². The quantitative estimate of drug-likeness (QED) is 0.468. The van der Waals surface area contributed by atoms with Crippen LogP contribution in [0.2, 0.25) is 0 Å². The van der Waals surface area contributed by atoms with Crippen molar-refractivity contribution in [2.75, 3.05) is 0 Å². The van der Waals surface area contributed by atoms with Gasteiger partial charge in [-0.1, -0.05) is 0 Å². The van der Waals surface area contributed by atoms with Crippen molar-refractivity contribution in [1.29, 1.82) is 1.43 Å². The van der Waals surface area contributed by atoms with E-state index in [-0.39, 0.29) is 0 Å². The highest BCUT2D eigenvalue weighted by Crippen LogP contribution is 1.74. The molecule has 0 saturated heterocycles. The largest absolute Gasteiger partial charge is 0.481 e. The highest BCUT2D eigenvalue weighted by Gasteiger charge is 2.01. The molecule has 0 atom stereocenters. The molecule has 40 valence electrons. The maximum absolute atomic E-state index is 10.1. The van der Waals surface area contributed by atoms with Gasteiger partial charge in [0, 0.05) is 0 Å². The molecule has 0 saturated carbocycles. The molecule has 4 nitrogen and oxygen atoms in total. The Labute approximate surface area is 43.7 Å². The molecule has 0 aromatic carbocycles. The Morgan fingerprint density at radius 3 is 2.43 bits per heavy atom. The van der Waals surface area contributed by atoms with Crippen LogP contribution in [0.1, 0.15) is 9.11 Å². The lowest BCUT2D eigenvalue weighted by atomic mass is 10.5. The number of rotatable bonds is 2. The molecule has 0 unspecified atom stereocenters. The summed E-state index contributed by atoms with van der Waals surface area (Å²) in [4.78, 5) is 20.0. The van der Waals surface area contributed by atoms with Gasteiger partial charge in [-0.15, -0.1) is 0 Å². The molecule has 7 heavy (non-hydrogen) atoms. The average Bonchev–Trinajstić information content (AvgIpc) is 1.86. The summed E-state index contributed by atoms with van der Waals surface area (Å²) < 4.78 is 18.8. The second-order valence-electron chi connectivity index (χ2n) is 0.718. The van der Waals surface area contributed by atoms with Crippen LogP contribution in [0.4, 0.5) is 0 Å². The highest BCUT2D eigenvalue weighted by atomic mass is 16.4. The molecular weight excluding hydrogens is 100 g/mol. The van der Waals surface area contributed by atoms with Gasteiger partial charge in [-0.25, -0.2) is 0 Å². The van der Waals surface area contributed by atoms with E-state index in [1.807, 2.05) is 0 Å². The van der Waals surface area contributed by atoms with Gasteiger partial charge in [0.2, 0.25) is 0 Å². The van der Waals surface area contributed by atoms with E-state index in [2.05, 4.69) is 5.11 Å². The topological polar surface area (TPSA) is 74.6 Å². The molecule has 0 aromatic heterocycles. The van der Waals surface area contributed by atoms with Gasteiger partial charge in [-0.05, 0) is 0 Å². The maximum atomic E-state index is 10.1. The predicted octanol–water partition coefficient (Wildman–Crippen LogP) is -0.454. The predicted molar refractivity (Wildman–Crippen MR) is 19.9 cm³/mol. The molecular formula is C3H4O4. The van der Waals surface area contributed by atoms with Crippen molar-refractivity contribution < 1.29 is 22.5 Å². The van der Waals surface area contributed by atoms with Gasteiger partial charge in [0.15, 0.2) is 0 Å². The third-order valence-electron chi connectivity index (χ3n) is 0.209. The van der Waals surface area contributed by atoms with Gasteiger partial charge in [-0.3, -0.25) is 9.59 Å². The van der Waals surface area contributed by atoms with Crippen molar-refractivity contribution in [2.24, 2.45) is 0 Å². The molecule has 0 rings (SSSR count). The second-order valence-corrected chi connectivity index (χ2v) is 0.718. The minimum Gasteiger partial charge on any atom is -0.481 e. The van der Waals surface area contributed by atoms with Crippen LogP contribution < -0.4 is 0 Å². The molecule has 0 aliphatic carbocycles. The van der Waals surface area contributed by atoms with Crippen molar-refractivity contribution in [3.63, 3.8) is 0 Å². The Morgan fingerprint density at radius 1 is 1.71 bits per heavy atom. The summed E-state index contributed by atoms with van der Waals surface area (Å²) in [5.74, 6) is -3.70. The smallest absolute Gasteiger partial charge is 0.314 e. The van der Waals surface area contributed by atoms with E-state index in [1.165, 1.54) is 0 Å². The van der Waals surface area contributed by atoms with E-state index in [1.54, 1.807) is 0 Å². The fourth-order valence-corrected chi connectivity index (χ4v) is 0.0873. The van der Waals surface area contributed by atoms with Crippen LogP contribution in [0, 0.1) is 0 Å². The summed E-state index contributed by atoms with van der Waals surface area (Å²) >= 11 is 0. The summed E-state index contributed by atoms with van der Waals surface area (Å²) in [6.45, 7) is 0. The zero-order chi connectivity index (χ0) is 8.36. The Bertz CT molecular complexity index is 165. The molecule has 0 heterocycles. The Kier molecular flexibility index (Phi) is 0.714. The van der Waals surface area contributed by atoms with Gasteiger partial charge in [0.25, 0.3) is 1.43 Å². The molecule has 0 fully saturated rings. The van der Waals surface area contributed by atoms with Crippen molar-refractivity contribution in [1.82, 2.24) is 0 Å². The molecule has 0 aliphatic heterocycles. The zero-order valence-electron chi connectivity index (χ0n) is 6.17. The van der Waals surface area contributed by atoms with E-state index in [0.29, 0.717) is 0 Å². The summed E-state index contributed by atoms with van der Waals surface area (Å²) in [5, 5.41) is 11.1. The summed E-state index contributed by atoms with van der Waals surface area (Å²) in [5.41, 5.74) is 0. The SMILES string of the molecule is [2H]OC(=O)C([2H])([2H])C(=O)O. The molecule has 0 aliphatic rings. The normalized spacial score (nSPS) is 15.7. The average molecular weight is 107 g/mol. The standard InChI is InChI=1S/C3H4O4/c4-2(5)1-3(6)7/h1H2,(H,4,5)(H,6,7)/i1D2/hD. The molecule has 0 bridgehead atoms. The maximum Gasteiger partial charge on any atom is 0.314 e. The van der Waals surface area contributed by atoms with Gasteiger partial charge in [0.1, 0.15) is 6.37 Å². The molecule has 0 radical (unpaired) electrons. The molecule has 4 heteroatoms. The third kappa shape index (κ3) is 4.94. The first-order valence-electron chi connectivity index (χ1n) is 2.74. The lowest BCUT2D eigenvalue weighted by molar-refractivity contribution is -0.147. The number of carboxylic acid groups (broad SMARTS) is 2. The monoisotopic (exact) mass is 107 g/mol. The van der Waals surface area contributed by atoms with Crippen LogP contribution in [0.25, 0.3) is 1.43 Å². The van der Waals surface area contributed by atoms with Crippen LogP contribution >= 0.6 is 0 Å². The van der Waals surface area contributed by atoms with Crippen LogP contribution in [0.3, 0.4) is 0 Å². The van der Waals surface area contributed by atoms with Crippen LogP contribution in [0.15, 0.2) is 0 Å². The Hall–Kier alpha value is -1.06. The van der Waals surface area contributed by atoms with Gasteiger partial charge < -0.3 is 10.2 Å². The minimum atomic E-state index is -3.12. The van der Waals surface area contributed by atoms with Gasteiger partial charge in [0.05, 0.1) is 2.74 Å². The van der Waals surface area contributed by atoms with E-state index in [9.17, 15) is 9.59 Å². The summed E-state index contributed by atoms with van der Waals surface area (Å²) in [7, 11) is 0. The zero-order valence-corrected chi connectivity index (χ0v) is 3.17. The van der Waals surface area contributed by atoms with E-state index < -0.39 is 18.3 Å². The number of carboxylic acids is 2. The van der Waals surface area contributed by atoms with Gasteiger partial charge in [-0.2, -0.15) is 0 Å². The lowest BCUT2D eigenvalue weighted by Gasteiger charge is -1.80. The molecule has 0 spiro atoms. The van der Waals surface area contributed by atoms with E-state index in [4.69, 9.17) is 9.28 Å². The van der Waals surface area contributed by atoms with Crippen LogP contribution in [-0.2, 0) is 9.59 Å². The first-order valence-corrected chi connectivity index (χ1v) is 1.34. The second kappa shape index (κ2) is 2.17.